The number of benzene rings is 2. The second-order valence-electron chi connectivity index (χ2n) is 12.7. The van der Waals surface area contributed by atoms with Gasteiger partial charge in [0.2, 0.25) is 5.88 Å². The van der Waals surface area contributed by atoms with E-state index < -0.39 is 28.9 Å². The number of anilines is 1. The molecular weight excluding hydrogens is 615 g/mol. The van der Waals surface area contributed by atoms with Gasteiger partial charge in [-0.3, -0.25) is 4.90 Å². The lowest BCUT2D eigenvalue weighted by molar-refractivity contribution is -0.137. The van der Waals surface area contributed by atoms with Crippen LogP contribution >= 0.6 is 11.3 Å². The molecule has 0 unspecified atom stereocenters. The zero-order valence-electron chi connectivity index (χ0n) is 24.2. The molecule has 2 aromatic carbocycles. The topological polar surface area (TPSA) is 98.4 Å². The normalized spacial score (nSPS) is 24.5. The van der Waals surface area contributed by atoms with Crippen LogP contribution in [0.3, 0.4) is 0 Å². The predicted octanol–water partition coefficient (Wildman–Crippen LogP) is 6.45. The van der Waals surface area contributed by atoms with Gasteiger partial charge in [-0.1, -0.05) is 11.3 Å². The van der Waals surface area contributed by atoms with Crippen LogP contribution in [0, 0.1) is 11.6 Å². The van der Waals surface area contributed by atoms with Crippen molar-refractivity contribution in [2.75, 3.05) is 25.4 Å². The highest BCUT2D eigenvalue weighted by atomic mass is 32.1. The summed E-state index contributed by atoms with van der Waals surface area (Å²) in [5.41, 5.74) is 2.79. The zero-order chi connectivity index (χ0) is 31.1. The van der Waals surface area contributed by atoms with E-state index >= 15 is 4.39 Å². The van der Waals surface area contributed by atoms with Crippen molar-refractivity contribution in [1.29, 1.82) is 0 Å². The van der Waals surface area contributed by atoms with Crippen molar-refractivity contribution in [3.63, 3.8) is 0 Å². The first-order valence-corrected chi connectivity index (χ1v) is 16.2. The zero-order valence-corrected chi connectivity index (χ0v) is 25.0. The number of nitrogens with one attached hydrogen (secondary N) is 1. The standard InChI is InChI=1S/C31H31F5N6O2S/c32-21-6-5-18(25-26(21)45-28(37)39-25)22-20(31(34,35)36)13-19-24(23(22)33)40-29(43-14-30-7-1-9-42(30)10-2-8-30)41-27(19)44-17-11-15-3-4-16(12-17)38-15/h5-6,13,15-17,38H,1-4,7-12,14H2,(H2,37,39)/t15-,16+,17+. The molecule has 0 aliphatic carbocycles. The molecule has 4 aromatic rings. The molecule has 6 heterocycles. The fourth-order valence-corrected chi connectivity index (χ4v) is 8.70. The molecule has 2 aromatic heterocycles. The van der Waals surface area contributed by atoms with E-state index in [0.29, 0.717) is 12.8 Å². The molecule has 8 nitrogen and oxygen atoms in total. The largest absolute Gasteiger partial charge is 0.474 e. The van der Waals surface area contributed by atoms with Gasteiger partial charge < -0.3 is 20.5 Å². The van der Waals surface area contributed by atoms with E-state index in [9.17, 15) is 17.6 Å². The maximum Gasteiger partial charge on any atom is 0.417 e. The summed E-state index contributed by atoms with van der Waals surface area (Å²) in [7, 11) is 0. The average Bonchev–Trinajstić information content (AvgIpc) is 3.76. The number of hydrogen-bond acceptors (Lipinski definition) is 9. The average molecular weight is 647 g/mol. The van der Waals surface area contributed by atoms with Crippen molar-refractivity contribution in [3.05, 3.63) is 35.4 Å². The van der Waals surface area contributed by atoms with Gasteiger partial charge in [0.05, 0.1) is 26.7 Å². The van der Waals surface area contributed by atoms with E-state index in [0.717, 1.165) is 81.2 Å². The van der Waals surface area contributed by atoms with Crippen LogP contribution in [0.4, 0.5) is 27.1 Å². The first-order chi connectivity index (χ1) is 21.6. The van der Waals surface area contributed by atoms with Gasteiger partial charge in [0.1, 0.15) is 24.0 Å². The summed E-state index contributed by atoms with van der Waals surface area (Å²) in [6, 6.07) is 3.23. The minimum Gasteiger partial charge on any atom is -0.474 e. The number of thiazole rings is 1. The molecule has 14 heteroatoms. The molecule has 238 valence electrons. The number of nitrogens with two attached hydrogens (primary N) is 1. The molecule has 45 heavy (non-hydrogen) atoms. The van der Waals surface area contributed by atoms with Gasteiger partial charge in [-0.15, -0.1) is 0 Å². The van der Waals surface area contributed by atoms with Crippen LogP contribution < -0.4 is 20.5 Å². The van der Waals surface area contributed by atoms with Crippen molar-refractivity contribution in [3.8, 4) is 23.0 Å². The number of nitrogen functional groups attached to an aromatic ring is 1. The minimum absolute atomic E-state index is 0.0528. The molecular formula is C31H31F5N6O2S. The van der Waals surface area contributed by atoms with Gasteiger partial charge in [0.15, 0.2) is 10.9 Å². The van der Waals surface area contributed by atoms with E-state index in [-0.39, 0.29) is 74.0 Å². The summed E-state index contributed by atoms with van der Waals surface area (Å²) in [5.74, 6) is -2.11. The van der Waals surface area contributed by atoms with Crippen LogP contribution in [0.25, 0.3) is 32.2 Å². The Hall–Kier alpha value is -3.36. The molecule has 2 bridgehead atoms. The minimum atomic E-state index is -4.99. The summed E-state index contributed by atoms with van der Waals surface area (Å²) in [5, 5.41) is 3.26. The Balaban J connectivity index is 1.29. The third kappa shape index (κ3) is 4.96. The van der Waals surface area contributed by atoms with Crippen molar-refractivity contribution >= 4 is 37.6 Å². The van der Waals surface area contributed by atoms with Crippen molar-refractivity contribution in [2.24, 2.45) is 0 Å². The number of ether oxygens (including phenoxy) is 2. The summed E-state index contributed by atoms with van der Waals surface area (Å²) in [6.07, 6.45) is 1.97. The number of hydrogen-bond donors (Lipinski definition) is 2. The molecule has 0 spiro atoms. The molecule has 4 fully saturated rings. The molecule has 4 aliphatic rings. The highest BCUT2D eigenvalue weighted by Crippen LogP contribution is 2.46. The second kappa shape index (κ2) is 10.6. The molecule has 8 rings (SSSR count). The maximum atomic E-state index is 16.7. The van der Waals surface area contributed by atoms with Gasteiger partial charge in [0.25, 0.3) is 0 Å². The number of piperidine rings is 1. The van der Waals surface area contributed by atoms with Gasteiger partial charge in [-0.2, -0.15) is 23.1 Å². The number of alkyl halides is 3. The fourth-order valence-electron chi connectivity index (χ4n) is 7.93. The Morgan fingerprint density at radius 3 is 2.47 bits per heavy atom. The van der Waals surface area contributed by atoms with Gasteiger partial charge in [-0.25, -0.2) is 13.8 Å². The SMILES string of the molecule is Nc1nc2c(-c3c(C(F)(F)F)cc4c(O[C@H]5C[C@H]6CC[C@@H](C5)N6)nc(OCC56CCCN5CCC6)nc4c3F)ccc(F)c2s1. The van der Waals surface area contributed by atoms with E-state index in [2.05, 4.69) is 25.2 Å². The molecule has 3 atom stereocenters. The fraction of sp³-hybridized carbons (Fsp3) is 0.516. The Labute approximate surface area is 259 Å². The Morgan fingerprint density at radius 1 is 1.02 bits per heavy atom. The molecule has 0 radical (unpaired) electrons. The summed E-state index contributed by atoms with van der Waals surface area (Å²) in [4.78, 5) is 15.3. The van der Waals surface area contributed by atoms with Crippen molar-refractivity contribution in [1.82, 2.24) is 25.2 Å². The second-order valence-corrected chi connectivity index (χ2v) is 13.7. The van der Waals surface area contributed by atoms with Crippen LogP contribution in [-0.2, 0) is 6.18 Å². The Morgan fingerprint density at radius 2 is 1.76 bits per heavy atom. The summed E-state index contributed by atoms with van der Waals surface area (Å²) >= 11 is 0.779. The van der Waals surface area contributed by atoms with Crippen LogP contribution in [0.5, 0.6) is 11.9 Å². The molecule has 4 aliphatic heterocycles. The summed E-state index contributed by atoms with van der Waals surface area (Å²) < 4.78 is 87.9. The van der Waals surface area contributed by atoms with E-state index in [1.165, 1.54) is 0 Å². The molecule has 0 saturated carbocycles. The smallest absolute Gasteiger partial charge is 0.417 e. The van der Waals surface area contributed by atoms with Crippen LogP contribution in [0.15, 0.2) is 18.2 Å². The van der Waals surface area contributed by atoms with Gasteiger partial charge in [-0.05, 0) is 82.7 Å². The number of halogens is 5. The molecule has 4 saturated heterocycles. The first-order valence-electron chi connectivity index (χ1n) is 15.3. The number of aromatic nitrogens is 3. The quantitative estimate of drug-likeness (QED) is 0.231. The number of nitrogens with zero attached hydrogens (tertiary/aromatic N) is 4. The highest BCUT2D eigenvalue weighted by Gasteiger charge is 2.45. The number of fused-ring (bicyclic) bond motifs is 5. The van der Waals surface area contributed by atoms with Crippen LogP contribution in [0.1, 0.15) is 56.9 Å². The van der Waals surface area contributed by atoms with E-state index in [4.69, 9.17) is 15.2 Å². The first kappa shape index (κ1) is 29.1. The summed E-state index contributed by atoms with van der Waals surface area (Å²) in [6.45, 7) is 2.22. The monoisotopic (exact) mass is 646 g/mol. The van der Waals surface area contributed by atoms with Gasteiger partial charge >= 0.3 is 12.2 Å². The predicted molar refractivity (Wildman–Crippen MR) is 159 cm³/mol. The Bertz CT molecular complexity index is 1790. The lowest BCUT2D eigenvalue weighted by atomic mass is 9.95. The number of rotatable bonds is 6. The Kier molecular flexibility index (Phi) is 6.84. The van der Waals surface area contributed by atoms with Crippen LogP contribution in [0.2, 0.25) is 0 Å². The highest BCUT2D eigenvalue weighted by molar-refractivity contribution is 7.22. The molecule has 0 amide bonds. The van der Waals surface area contributed by atoms with Gasteiger partial charge in [0, 0.05) is 23.2 Å². The van der Waals surface area contributed by atoms with E-state index in [1.54, 1.807) is 0 Å². The molecule has 3 N–H and O–H groups in total. The van der Waals surface area contributed by atoms with Crippen molar-refractivity contribution < 1.29 is 31.4 Å². The van der Waals surface area contributed by atoms with E-state index in [1.807, 2.05) is 0 Å². The lowest BCUT2D eigenvalue weighted by Gasteiger charge is -2.31. The third-order valence-electron chi connectivity index (χ3n) is 9.95. The van der Waals surface area contributed by atoms with Crippen LogP contribution in [-0.4, -0.2) is 63.3 Å². The maximum absolute atomic E-state index is 16.7. The third-order valence-corrected chi connectivity index (χ3v) is 10.8. The lowest BCUT2D eigenvalue weighted by Crippen LogP contribution is -2.43. The van der Waals surface area contributed by atoms with Crippen molar-refractivity contribution in [2.45, 2.75) is 81.3 Å².